The van der Waals surface area contributed by atoms with Gasteiger partial charge in [-0.3, -0.25) is 9.69 Å². The summed E-state index contributed by atoms with van der Waals surface area (Å²) < 4.78 is 0. The minimum absolute atomic E-state index is 0.0133. The number of carbonyl (C=O) groups excluding carboxylic acids is 1. The summed E-state index contributed by atoms with van der Waals surface area (Å²) in [6.07, 6.45) is 2.74. The van der Waals surface area contributed by atoms with Crippen LogP contribution in [0.3, 0.4) is 0 Å². The molecule has 3 rings (SSSR count). The van der Waals surface area contributed by atoms with E-state index in [-0.39, 0.29) is 24.6 Å². The van der Waals surface area contributed by atoms with Gasteiger partial charge in [-0.2, -0.15) is 0 Å². The Morgan fingerprint density at radius 2 is 2.22 bits per heavy atom. The first kappa shape index (κ1) is 15.9. The molecule has 0 bridgehead atoms. The van der Waals surface area contributed by atoms with Crippen molar-refractivity contribution >= 4 is 22.6 Å². The molecule has 0 spiro atoms. The molecule has 5 heteroatoms. The van der Waals surface area contributed by atoms with Crippen LogP contribution in [0.4, 0.5) is 5.82 Å². The van der Waals surface area contributed by atoms with Crippen molar-refractivity contribution in [2.45, 2.75) is 32.2 Å². The lowest BCUT2D eigenvalue weighted by Gasteiger charge is -2.28. The maximum absolute atomic E-state index is 12.7. The van der Waals surface area contributed by atoms with E-state index in [2.05, 4.69) is 10.3 Å². The quantitative estimate of drug-likeness (QED) is 0.890. The second-order valence-corrected chi connectivity index (χ2v) is 6.06. The molecule has 0 radical (unpaired) electrons. The molecule has 1 aliphatic heterocycles. The van der Waals surface area contributed by atoms with Gasteiger partial charge in [0.05, 0.1) is 18.2 Å². The first-order chi connectivity index (χ1) is 11.2. The molecule has 1 amide bonds. The maximum atomic E-state index is 12.7. The number of aliphatic hydroxyl groups is 1. The SMILES string of the molecule is CCC(C(=O)Nc1ccc2ccccc2n1)C1CCCN1CO. The largest absolute Gasteiger partial charge is 0.381 e. The molecule has 2 aromatic rings. The predicted octanol–water partition coefficient (Wildman–Crippen LogP) is 2.61. The number of hydrogen-bond acceptors (Lipinski definition) is 4. The van der Waals surface area contributed by atoms with Gasteiger partial charge in [0, 0.05) is 18.0 Å². The van der Waals surface area contributed by atoms with Crippen molar-refractivity contribution in [3.8, 4) is 0 Å². The van der Waals surface area contributed by atoms with Crippen LogP contribution in [0.1, 0.15) is 26.2 Å². The topological polar surface area (TPSA) is 65.5 Å². The molecule has 0 aliphatic carbocycles. The number of hydrogen-bond donors (Lipinski definition) is 2. The fourth-order valence-electron chi connectivity index (χ4n) is 3.47. The summed E-state index contributed by atoms with van der Waals surface area (Å²) in [5.74, 6) is 0.444. The molecule has 1 aromatic carbocycles. The van der Waals surface area contributed by atoms with Crippen LogP contribution in [-0.4, -0.2) is 40.2 Å². The van der Waals surface area contributed by atoms with Crippen molar-refractivity contribution < 1.29 is 9.90 Å². The van der Waals surface area contributed by atoms with Crippen molar-refractivity contribution in [1.82, 2.24) is 9.88 Å². The number of para-hydroxylation sites is 1. The number of carbonyl (C=O) groups is 1. The van der Waals surface area contributed by atoms with Gasteiger partial charge in [-0.05, 0) is 37.5 Å². The molecule has 5 nitrogen and oxygen atoms in total. The van der Waals surface area contributed by atoms with E-state index >= 15 is 0 Å². The summed E-state index contributed by atoms with van der Waals surface area (Å²) in [4.78, 5) is 19.2. The van der Waals surface area contributed by atoms with Crippen molar-refractivity contribution in [2.75, 3.05) is 18.6 Å². The maximum Gasteiger partial charge on any atom is 0.230 e. The molecular weight excluding hydrogens is 290 g/mol. The van der Waals surface area contributed by atoms with E-state index in [9.17, 15) is 9.90 Å². The normalized spacial score (nSPS) is 19.8. The summed E-state index contributed by atoms with van der Waals surface area (Å²) in [6, 6.07) is 11.8. The Morgan fingerprint density at radius 1 is 1.39 bits per heavy atom. The third-order valence-electron chi connectivity index (χ3n) is 4.69. The van der Waals surface area contributed by atoms with E-state index in [0.29, 0.717) is 5.82 Å². The van der Waals surface area contributed by atoms with Crippen LogP contribution < -0.4 is 5.32 Å². The van der Waals surface area contributed by atoms with E-state index in [1.54, 1.807) is 0 Å². The zero-order valence-electron chi connectivity index (χ0n) is 13.4. The number of anilines is 1. The molecular formula is C18H23N3O2. The third-order valence-corrected chi connectivity index (χ3v) is 4.69. The standard InChI is InChI=1S/C18H23N3O2/c1-2-14(16-8-5-11-21(16)12-22)18(23)20-17-10-9-13-6-3-4-7-15(13)19-17/h3-4,6-7,9-10,14,16,22H,2,5,8,11-12H2,1H3,(H,19,20,23). The Bertz CT molecular complexity index is 689. The van der Waals surface area contributed by atoms with Crippen LogP contribution in [0.25, 0.3) is 10.9 Å². The second-order valence-electron chi connectivity index (χ2n) is 6.06. The van der Waals surface area contributed by atoms with Gasteiger partial charge in [0.1, 0.15) is 5.82 Å². The molecule has 122 valence electrons. The number of aliphatic hydroxyl groups excluding tert-OH is 1. The number of benzene rings is 1. The van der Waals surface area contributed by atoms with E-state index in [1.807, 2.05) is 48.2 Å². The lowest BCUT2D eigenvalue weighted by molar-refractivity contribution is -0.122. The summed E-state index contributed by atoms with van der Waals surface area (Å²) >= 11 is 0. The Kier molecular flexibility index (Phi) is 4.88. The highest BCUT2D eigenvalue weighted by Crippen LogP contribution is 2.27. The second kappa shape index (κ2) is 7.06. The molecule has 1 fully saturated rings. The van der Waals surface area contributed by atoms with Crippen molar-refractivity contribution in [3.63, 3.8) is 0 Å². The van der Waals surface area contributed by atoms with Crippen LogP contribution in [0.2, 0.25) is 0 Å². The van der Waals surface area contributed by atoms with Gasteiger partial charge < -0.3 is 10.4 Å². The fourth-order valence-corrected chi connectivity index (χ4v) is 3.47. The molecule has 1 saturated heterocycles. The Labute approximate surface area is 136 Å². The summed E-state index contributed by atoms with van der Waals surface area (Å²) in [5.41, 5.74) is 0.871. The summed E-state index contributed by atoms with van der Waals surface area (Å²) in [7, 11) is 0. The number of pyridine rings is 1. The predicted molar refractivity (Wildman–Crippen MR) is 91.0 cm³/mol. The van der Waals surface area contributed by atoms with Crippen LogP contribution in [0, 0.1) is 5.92 Å². The molecule has 2 N–H and O–H groups in total. The third kappa shape index (κ3) is 3.35. The highest BCUT2D eigenvalue weighted by atomic mass is 16.3. The van der Waals surface area contributed by atoms with Crippen molar-refractivity contribution in [3.05, 3.63) is 36.4 Å². The fraction of sp³-hybridized carbons (Fsp3) is 0.444. The van der Waals surface area contributed by atoms with Gasteiger partial charge in [0.2, 0.25) is 5.91 Å². The first-order valence-corrected chi connectivity index (χ1v) is 8.24. The van der Waals surface area contributed by atoms with Crippen molar-refractivity contribution in [1.29, 1.82) is 0 Å². The van der Waals surface area contributed by atoms with E-state index < -0.39 is 0 Å². The van der Waals surface area contributed by atoms with Crippen molar-refractivity contribution in [2.24, 2.45) is 5.92 Å². The lowest BCUT2D eigenvalue weighted by Crippen LogP contribution is -2.41. The van der Waals surface area contributed by atoms with Crippen LogP contribution >= 0.6 is 0 Å². The monoisotopic (exact) mass is 313 g/mol. The van der Waals surface area contributed by atoms with Gasteiger partial charge >= 0.3 is 0 Å². The number of nitrogens with zero attached hydrogens (tertiary/aromatic N) is 2. The van der Waals surface area contributed by atoms with Gasteiger partial charge in [0.15, 0.2) is 0 Å². The minimum atomic E-state index is -0.127. The number of aromatic nitrogens is 1. The van der Waals surface area contributed by atoms with Gasteiger partial charge in [-0.1, -0.05) is 25.1 Å². The smallest absolute Gasteiger partial charge is 0.230 e. The molecule has 1 aliphatic rings. The Morgan fingerprint density at radius 3 is 3.00 bits per heavy atom. The lowest BCUT2D eigenvalue weighted by atomic mass is 9.94. The number of amides is 1. The van der Waals surface area contributed by atoms with Crippen LogP contribution in [-0.2, 0) is 4.79 Å². The summed E-state index contributed by atoms with van der Waals surface area (Å²) in [5, 5.41) is 13.5. The average molecular weight is 313 g/mol. The zero-order chi connectivity index (χ0) is 16.2. The Balaban J connectivity index is 1.75. The molecule has 2 heterocycles. The van der Waals surface area contributed by atoms with E-state index in [4.69, 9.17) is 0 Å². The van der Waals surface area contributed by atoms with E-state index in [1.165, 1.54) is 0 Å². The van der Waals surface area contributed by atoms with E-state index in [0.717, 1.165) is 36.7 Å². The minimum Gasteiger partial charge on any atom is -0.381 e. The molecule has 2 unspecified atom stereocenters. The average Bonchev–Trinajstić information content (AvgIpc) is 3.04. The first-order valence-electron chi connectivity index (χ1n) is 8.24. The van der Waals surface area contributed by atoms with Crippen LogP contribution in [0.15, 0.2) is 36.4 Å². The van der Waals surface area contributed by atoms with Gasteiger partial charge in [-0.25, -0.2) is 4.98 Å². The number of rotatable bonds is 5. The number of likely N-dealkylation sites (tertiary alicyclic amines) is 1. The highest BCUT2D eigenvalue weighted by Gasteiger charge is 2.34. The highest BCUT2D eigenvalue weighted by molar-refractivity contribution is 5.93. The zero-order valence-corrected chi connectivity index (χ0v) is 13.4. The molecule has 1 aromatic heterocycles. The van der Waals surface area contributed by atoms with Gasteiger partial charge in [0.25, 0.3) is 0 Å². The number of fused-ring (bicyclic) bond motifs is 1. The van der Waals surface area contributed by atoms with Gasteiger partial charge in [-0.15, -0.1) is 0 Å². The molecule has 23 heavy (non-hydrogen) atoms. The van der Waals surface area contributed by atoms with Crippen LogP contribution in [0.5, 0.6) is 0 Å². The summed E-state index contributed by atoms with van der Waals surface area (Å²) in [6.45, 7) is 2.90. The number of nitrogens with one attached hydrogen (secondary N) is 1. The molecule has 2 atom stereocenters. The Hall–Kier alpha value is -1.98. The molecule has 0 saturated carbocycles.